The molecule has 172 valence electrons. The standard InChI is InChI=1S/C24H33N5O3/c1-3-4-15-28-22(30)12-11-19(23(28)18-7-5-6-8-20(18)32-2)24(31)25-14-13-21-27-26-16-29(21)17-9-10-17/h5-8,16-17,19,23H,3-4,9-15H2,1-2H3,(H,25,31). The van der Waals surface area contributed by atoms with Gasteiger partial charge in [-0.15, -0.1) is 10.2 Å². The maximum absolute atomic E-state index is 13.3. The number of nitrogens with one attached hydrogen (secondary N) is 1. The first-order chi connectivity index (χ1) is 15.6. The van der Waals surface area contributed by atoms with Gasteiger partial charge in [0.15, 0.2) is 0 Å². The lowest BCUT2D eigenvalue weighted by Crippen LogP contribution is -2.48. The van der Waals surface area contributed by atoms with Crippen LogP contribution in [0.5, 0.6) is 5.75 Å². The van der Waals surface area contributed by atoms with Gasteiger partial charge in [-0.2, -0.15) is 0 Å². The fourth-order valence-corrected chi connectivity index (χ4v) is 4.65. The molecule has 4 rings (SSSR count). The van der Waals surface area contributed by atoms with E-state index in [0.29, 0.717) is 44.1 Å². The van der Waals surface area contributed by atoms with E-state index in [1.54, 1.807) is 13.4 Å². The summed E-state index contributed by atoms with van der Waals surface area (Å²) in [5, 5.41) is 11.4. The van der Waals surface area contributed by atoms with Gasteiger partial charge in [-0.25, -0.2) is 0 Å². The summed E-state index contributed by atoms with van der Waals surface area (Å²) in [5.74, 6) is 1.40. The van der Waals surface area contributed by atoms with Crippen molar-refractivity contribution >= 4 is 11.8 Å². The highest BCUT2D eigenvalue weighted by Crippen LogP contribution is 2.41. The largest absolute Gasteiger partial charge is 0.496 e. The average molecular weight is 440 g/mol. The number of methoxy groups -OCH3 is 1. The van der Waals surface area contributed by atoms with Crippen LogP contribution in [-0.4, -0.2) is 51.7 Å². The molecule has 32 heavy (non-hydrogen) atoms. The molecule has 1 N–H and O–H groups in total. The predicted molar refractivity (Wildman–Crippen MR) is 120 cm³/mol. The van der Waals surface area contributed by atoms with E-state index in [4.69, 9.17) is 4.74 Å². The number of unbranched alkanes of at least 4 members (excludes halogenated alkanes) is 1. The van der Waals surface area contributed by atoms with Gasteiger partial charge in [-0.05, 0) is 31.7 Å². The van der Waals surface area contributed by atoms with Crippen LogP contribution in [-0.2, 0) is 16.0 Å². The summed E-state index contributed by atoms with van der Waals surface area (Å²) >= 11 is 0. The molecule has 0 spiro atoms. The molecule has 1 aromatic heterocycles. The Hall–Kier alpha value is -2.90. The van der Waals surface area contributed by atoms with Gasteiger partial charge in [0.2, 0.25) is 11.8 Å². The van der Waals surface area contributed by atoms with Crippen LogP contribution >= 0.6 is 0 Å². The fourth-order valence-electron chi connectivity index (χ4n) is 4.65. The van der Waals surface area contributed by atoms with E-state index in [1.165, 1.54) is 12.8 Å². The van der Waals surface area contributed by atoms with E-state index in [2.05, 4.69) is 27.0 Å². The number of para-hydroxylation sites is 1. The van der Waals surface area contributed by atoms with E-state index in [9.17, 15) is 9.59 Å². The van der Waals surface area contributed by atoms with Crippen molar-refractivity contribution in [2.24, 2.45) is 5.92 Å². The van der Waals surface area contributed by atoms with Crippen LogP contribution in [0.1, 0.15) is 68.9 Å². The minimum atomic E-state index is -0.325. The molecule has 2 atom stereocenters. The number of piperidine rings is 1. The summed E-state index contributed by atoms with van der Waals surface area (Å²) < 4.78 is 7.72. The van der Waals surface area contributed by atoms with Gasteiger partial charge in [-0.1, -0.05) is 31.5 Å². The molecule has 0 radical (unpaired) electrons. The number of likely N-dealkylation sites (tertiary alicyclic amines) is 1. The molecule has 8 nitrogen and oxygen atoms in total. The fraction of sp³-hybridized carbons (Fsp3) is 0.583. The van der Waals surface area contributed by atoms with Crippen LogP contribution in [0, 0.1) is 5.92 Å². The van der Waals surface area contributed by atoms with Crippen LogP contribution < -0.4 is 10.1 Å². The maximum atomic E-state index is 13.3. The second kappa shape index (κ2) is 10.1. The first-order valence-corrected chi connectivity index (χ1v) is 11.7. The highest BCUT2D eigenvalue weighted by atomic mass is 16.5. The minimum absolute atomic E-state index is 0.0209. The molecule has 1 saturated carbocycles. The lowest BCUT2D eigenvalue weighted by molar-refractivity contribution is -0.143. The summed E-state index contributed by atoms with van der Waals surface area (Å²) in [5.41, 5.74) is 0.896. The minimum Gasteiger partial charge on any atom is -0.496 e. The zero-order chi connectivity index (χ0) is 22.5. The Kier molecular flexibility index (Phi) is 7.07. The normalized spacial score (nSPS) is 20.9. The molecule has 2 fully saturated rings. The lowest BCUT2D eigenvalue weighted by atomic mass is 9.83. The first-order valence-electron chi connectivity index (χ1n) is 11.7. The van der Waals surface area contributed by atoms with Crippen molar-refractivity contribution in [2.75, 3.05) is 20.2 Å². The molecule has 2 unspecified atom stereocenters. The maximum Gasteiger partial charge on any atom is 0.225 e. The number of aromatic nitrogens is 3. The molecule has 2 aromatic rings. The lowest BCUT2D eigenvalue weighted by Gasteiger charge is -2.41. The summed E-state index contributed by atoms with van der Waals surface area (Å²) in [6.45, 7) is 3.26. The number of rotatable bonds is 10. The number of ether oxygens (including phenoxy) is 1. The van der Waals surface area contributed by atoms with Crippen LogP contribution in [0.15, 0.2) is 30.6 Å². The number of hydrogen-bond donors (Lipinski definition) is 1. The molecule has 1 saturated heterocycles. The first kappa shape index (κ1) is 22.3. The number of hydrogen-bond acceptors (Lipinski definition) is 5. The van der Waals surface area contributed by atoms with E-state index >= 15 is 0 Å². The van der Waals surface area contributed by atoms with Gasteiger partial charge < -0.3 is 19.5 Å². The van der Waals surface area contributed by atoms with Crippen molar-refractivity contribution in [1.29, 1.82) is 0 Å². The monoisotopic (exact) mass is 439 g/mol. The molecule has 1 aliphatic carbocycles. The van der Waals surface area contributed by atoms with E-state index in [-0.39, 0.29) is 23.8 Å². The molecule has 1 aromatic carbocycles. The van der Waals surface area contributed by atoms with Crippen molar-refractivity contribution < 1.29 is 14.3 Å². The van der Waals surface area contributed by atoms with Crippen molar-refractivity contribution in [3.05, 3.63) is 42.0 Å². The van der Waals surface area contributed by atoms with Gasteiger partial charge in [0, 0.05) is 37.5 Å². The third-order valence-corrected chi connectivity index (χ3v) is 6.49. The quantitative estimate of drug-likeness (QED) is 0.615. The second-order valence-electron chi connectivity index (χ2n) is 8.70. The Labute approximate surface area is 189 Å². The van der Waals surface area contributed by atoms with E-state index < -0.39 is 0 Å². The summed E-state index contributed by atoms with van der Waals surface area (Å²) in [4.78, 5) is 28.1. The SMILES string of the molecule is CCCCN1C(=O)CCC(C(=O)NCCc2nncn2C2CC2)C1c1ccccc1OC. The Morgan fingerprint density at radius 2 is 2.06 bits per heavy atom. The van der Waals surface area contributed by atoms with Crippen LogP contribution in [0.3, 0.4) is 0 Å². The van der Waals surface area contributed by atoms with Gasteiger partial charge in [0.1, 0.15) is 17.9 Å². The number of carbonyl (C=O) groups excluding carboxylic acids is 2. The van der Waals surface area contributed by atoms with Crippen LogP contribution in [0.4, 0.5) is 0 Å². The summed E-state index contributed by atoms with van der Waals surface area (Å²) in [7, 11) is 1.63. The molecule has 8 heteroatoms. The number of amides is 2. The van der Waals surface area contributed by atoms with Crippen molar-refractivity contribution in [3.63, 3.8) is 0 Å². The third-order valence-electron chi connectivity index (χ3n) is 6.49. The highest BCUT2D eigenvalue weighted by molar-refractivity contribution is 5.85. The molecular formula is C24H33N5O3. The van der Waals surface area contributed by atoms with Gasteiger partial charge in [-0.3, -0.25) is 9.59 Å². The summed E-state index contributed by atoms with van der Waals surface area (Å²) in [6, 6.07) is 7.91. The molecule has 2 amide bonds. The number of nitrogens with zero attached hydrogens (tertiary/aromatic N) is 4. The third kappa shape index (κ3) is 4.79. The van der Waals surface area contributed by atoms with Gasteiger partial charge >= 0.3 is 0 Å². The predicted octanol–water partition coefficient (Wildman–Crippen LogP) is 3.06. The second-order valence-corrected chi connectivity index (χ2v) is 8.70. The Balaban J connectivity index is 1.50. The Morgan fingerprint density at radius 1 is 1.25 bits per heavy atom. The number of carbonyl (C=O) groups is 2. The highest BCUT2D eigenvalue weighted by Gasteiger charge is 2.41. The van der Waals surface area contributed by atoms with Crippen LogP contribution in [0.25, 0.3) is 0 Å². The van der Waals surface area contributed by atoms with Crippen molar-refractivity contribution in [3.8, 4) is 5.75 Å². The zero-order valence-electron chi connectivity index (χ0n) is 19.0. The molecular weight excluding hydrogens is 406 g/mol. The smallest absolute Gasteiger partial charge is 0.225 e. The topological polar surface area (TPSA) is 89.4 Å². The summed E-state index contributed by atoms with van der Waals surface area (Å²) in [6.07, 6.45) is 7.59. The number of benzene rings is 1. The zero-order valence-corrected chi connectivity index (χ0v) is 19.0. The van der Waals surface area contributed by atoms with Gasteiger partial charge in [0.05, 0.1) is 19.1 Å². The Morgan fingerprint density at radius 3 is 2.81 bits per heavy atom. The average Bonchev–Trinajstić information content (AvgIpc) is 3.55. The molecule has 2 aliphatic rings. The molecule has 2 heterocycles. The van der Waals surface area contributed by atoms with Crippen molar-refractivity contribution in [1.82, 2.24) is 25.0 Å². The van der Waals surface area contributed by atoms with Gasteiger partial charge in [0.25, 0.3) is 0 Å². The van der Waals surface area contributed by atoms with E-state index in [1.807, 2.05) is 29.2 Å². The Bertz CT molecular complexity index is 939. The van der Waals surface area contributed by atoms with Crippen molar-refractivity contribution in [2.45, 2.75) is 64.0 Å². The van der Waals surface area contributed by atoms with Crippen LogP contribution in [0.2, 0.25) is 0 Å². The van der Waals surface area contributed by atoms with E-state index in [0.717, 1.165) is 24.2 Å². The molecule has 0 bridgehead atoms. The molecule has 1 aliphatic heterocycles.